The SMILES string of the molecule is NNCCc1ccc(F)cc1F. The van der Waals surface area contributed by atoms with Crippen LogP contribution in [0.15, 0.2) is 18.2 Å². The van der Waals surface area contributed by atoms with Gasteiger partial charge in [-0.25, -0.2) is 8.78 Å². The average Bonchev–Trinajstić information content (AvgIpc) is 2.03. The lowest BCUT2D eigenvalue weighted by Crippen LogP contribution is -2.24. The van der Waals surface area contributed by atoms with Crippen LogP contribution in [0.1, 0.15) is 5.56 Å². The van der Waals surface area contributed by atoms with E-state index >= 15 is 0 Å². The lowest BCUT2D eigenvalue weighted by Gasteiger charge is -2.01. The van der Waals surface area contributed by atoms with Crippen LogP contribution in [-0.4, -0.2) is 6.54 Å². The zero-order valence-electron chi connectivity index (χ0n) is 6.48. The second-order valence-electron chi connectivity index (χ2n) is 2.44. The van der Waals surface area contributed by atoms with Gasteiger partial charge in [0.15, 0.2) is 0 Å². The third kappa shape index (κ3) is 2.25. The summed E-state index contributed by atoms with van der Waals surface area (Å²) < 4.78 is 25.3. The monoisotopic (exact) mass is 172 g/mol. The number of rotatable bonds is 3. The van der Waals surface area contributed by atoms with Gasteiger partial charge in [-0.2, -0.15) is 0 Å². The van der Waals surface area contributed by atoms with E-state index in [0.29, 0.717) is 18.5 Å². The molecule has 0 aliphatic heterocycles. The molecule has 0 fully saturated rings. The van der Waals surface area contributed by atoms with E-state index in [0.717, 1.165) is 6.07 Å². The average molecular weight is 172 g/mol. The topological polar surface area (TPSA) is 38.0 Å². The van der Waals surface area contributed by atoms with Crippen LogP contribution in [-0.2, 0) is 6.42 Å². The van der Waals surface area contributed by atoms with Crippen molar-refractivity contribution >= 4 is 0 Å². The highest BCUT2D eigenvalue weighted by molar-refractivity contribution is 5.18. The Bertz CT molecular complexity index is 263. The summed E-state index contributed by atoms with van der Waals surface area (Å²) in [6, 6.07) is 3.52. The third-order valence-electron chi connectivity index (χ3n) is 1.55. The first-order chi connectivity index (χ1) is 5.74. The first-order valence-corrected chi connectivity index (χ1v) is 3.61. The van der Waals surface area contributed by atoms with Crippen LogP contribution in [0.4, 0.5) is 8.78 Å². The van der Waals surface area contributed by atoms with Crippen molar-refractivity contribution in [2.24, 2.45) is 5.84 Å². The Morgan fingerprint density at radius 2 is 2.08 bits per heavy atom. The number of benzene rings is 1. The maximum atomic E-state index is 12.9. The standard InChI is InChI=1S/C8H10F2N2/c9-7-2-1-6(3-4-12-11)8(10)5-7/h1-2,5,12H,3-4,11H2. The predicted molar refractivity (Wildman–Crippen MR) is 42.3 cm³/mol. The minimum Gasteiger partial charge on any atom is -0.271 e. The fourth-order valence-electron chi connectivity index (χ4n) is 0.931. The van der Waals surface area contributed by atoms with E-state index in [4.69, 9.17) is 5.84 Å². The van der Waals surface area contributed by atoms with Gasteiger partial charge in [-0.05, 0) is 18.1 Å². The van der Waals surface area contributed by atoms with Crippen molar-refractivity contribution in [3.8, 4) is 0 Å². The molecule has 0 unspecified atom stereocenters. The van der Waals surface area contributed by atoms with Gasteiger partial charge in [0.1, 0.15) is 11.6 Å². The molecule has 66 valence electrons. The van der Waals surface area contributed by atoms with E-state index in [1.807, 2.05) is 0 Å². The number of hydrazine groups is 1. The summed E-state index contributed by atoms with van der Waals surface area (Å²) in [6.45, 7) is 0.475. The highest BCUT2D eigenvalue weighted by Crippen LogP contribution is 2.09. The van der Waals surface area contributed by atoms with Gasteiger partial charge >= 0.3 is 0 Å². The van der Waals surface area contributed by atoms with E-state index in [1.165, 1.54) is 12.1 Å². The van der Waals surface area contributed by atoms with Crippen molar-refractivity contribution in [3.63, 3.8) is 0 Å². The summed E-state index contributed by atoms with van der Waals surface area (Å²) in [7, 11) is 0. The summed E-state index contributed by atoms with van der Waals surface area (Å²) in [6.07, 6.45) is 0.461. The molecule has 1 aromatic rings. The highest BCUT2D eigenvalue weighted by atomic mass is 19.1. The third-order valence-corrected chi connectivity index (χ3v) is 1.55. The van der Waals surface area contributed by atoms with Crippen LogP contribution in [0.25, 0.3) is 0 Å². The van der Waals surface area contributed by atoms with Crippen molar-refractivity contribution < 1.29 is 8.78 Å². The lowest BCUT2D eigenvalue weighted by molar-refractivity contribution is 0.568. The fraction of sp³-hybridized carbons (Fsp3) is 0.250. The van der Waals surface area contributed by atoms with Crippen molar-refractivity contribution in [1.29, 1.82) is 0 Å². The van der Waals surface area contributed by atoms with Crippen LogP contribution in [0, 0.1) is 11.6 Å². The molecule has 0 aliphatic carbocycles. The molecule has 0 saturated heterocycles. The van der Waals surface area contributed by atoms with Crippen molar-refractivity contribution in [2.45, 2.75) is 6.42 Å². The Labute approximate surface area is 69.4 Å². The van der Waals surface area contributed by atoms with E-state index in [-0.39, 0.29) is 0 Å². The number of hydrogen-bond donors (Lipinski definition) is 2. The van der Waals surface area contributed by atoms with Crippen LogP contribution in [0.2, 0.25) is 0 Å². The van der Waals surface area contributed by atoms with Crippen LogP contribution >= 0.6 is 0 Å². The molecule has 0 heterocycles. The van der Waals surface area contributed by atoms with Crippen molar-refractivity contribution in [1.82, 2.24) is 5.43 Å². The Morgan fingerprint density at radius 3 is 2.67 bits per heavy atom. The highest BCUT2D eigenvalue weighted by Gasteiger charge is 2.01. The minimum atomic E-state index is -0.558. The molecule has 12 heavy (non-hydrogen) atoms. The van der Waals surface area contributed by atoms with Gasteiger partial charge in [0.2, 0.25) is 0 Å². The molecule has 4 heteroatoms. The molecule has 0 amide bonds. The molecule has 3 N–H and O–H groups in total. The Morgan fingerprint density at radius 1 is 1.33 bits per heavy atom. The molecular formula is C8H10F2N2. The lowest BCUT2D eigenvalue weighted by atomic mass is 10.1. The Kier molecular flexibility index (Phi) is 3.13. The minimum absolute atomic E-state index is 0.461. The fourth-order valence-corrected chi connectivity index (χ4v) is 0.931. The van der Waals surface area contributed by atoms with Gasteiger partial charge < -0.3 is 0 Å². The predicted octanol–water partition coefficient (Wildman–Crippen LogP) is 0.971. The second kappa shape index (κ2) is 4.13. The summed E-state index contributed by atoms with van der Waals surface area (Å²) in [4.78, 5) is 0. The van der Waals surface area contributed by atoms with Gasteiger partial charge in [-0.15, -0.1) is 0 Å². The zero-order valence-corrected chi connectivity index (χ0v) is 6.48. The van der Waals surface area contributed by atoms with Gasteiger partial charge in [0.25, 0.3) is 0 Å². The quantitative estimate of drug-likeness (QED) is 0.526. The molecular weight excluding hydrogens is 162 g/mol. The van der Waals surface area contributed by atoms with Crippen LogP contribution < -0.4 is 11.3 Å². The first kappa shape index (κ1) is 9.09. The van der Waals surface area contributed by atoms with Crippen molar-refractivity contribution in [3.05, 3.63) is 35.4 Å². The largest absolute Gasteiger partial charge is 0.271 e. The number of nitrogens with two attached hydrogens (primary N) is 1. The van der Waals surface area contributed by atoms with E-state index in [1.54, 1.807) is 0 Å². The number of hydrogen-bond acceptors (Lipinski definition) is 2. The molecule has 2 nitrogen and oxygen atoms in total. The Balaban J connectivity index is 2.72. The first-order valence-electron chi connectivity index (χ1n) is 3.61. The maximum absolute atomic E-state index is 12.9. The molecule has 0 saturated carbocycles. The summed E-state index contributed by atoms with van der Waals surface area (Å²) in [5.41, 5.74) is 2.86. The van der Waals surface area contributed by atoms with E-state index in [2.05, 4.69) is 5.43 Å². The maximum Gasteiger partial charge on any atom is 0.129 e. The number of nitrogens with one attached hydrogen (secondary N) is 1. The molecule has 1 rings (SSSR count). The Hall–Kier alpha value is -1.00. The van der Waals surface area contributed by atoms with Gasteiger partial charge in [0.05, 0.1) is 0 Å². The molecule has 0 aromatic heterocycles. The normalized spacial score (nSPS) is 10.2. The summed E-state index contributed by atoms with van der Waals surface area (Å²) >= 11 is 0. The molecule has 0 aliphatic rings. The summed E-state index contributed by atoms with van der Waals surface area (Å²) in [5, 5.41) is 0. The zero-order chi connectivity index (χ0) is 8.97. The van der Waals surface area contributed by atoms with Crippen molar-refractivity contribution in [2.75, 3.05) is 6.54 Å². The van der Waals surface area contributed by atoms with Gasteiger partial charge in [0, 0.05) is 12.6 Å². The molecule has 0 spiro atoms. The molecule has 1 aromatic carbocycles. The molecule has 0 bridgehead atoms. The summed E-state index contributed by atoms with van der Waals surface area (Å²) in [5.74, 6) is 3.93. The second-order valence-corrected chi connectivity index (χ2v) is 2.44. The molecule has 0 atom stereocenters. The number of halogens is 2. The smallest absolute Gasteiger partial charge is 0.129 e. The van der Waals surface area contributed by atoms with E-state index < -0.39 is 11.6 Å². The van der Waals surface area contributed by atoms with Crippen LogP contribution in [0.3, 0.4) is 0 Å². The van der Waals surface area contributed by atoms with Gasteiger partial charge in [-0.3, -0.25) is 11.3 Å². The van der Waals surface area contributed by atoms with Gasteiger partial charge in [-0.1, -0.05) is 6.07 Å². The van der Waals surface area contributed by atoms with E-state index in [9.17, 15) is 8.78 Å². The van der Waals surface area contributed by atoms with Crippen LogP contribution in [0.5, 0.6) is 0 Å². The molecule has 0 radical (unpaired) electrons.